The summed E-state index contributed by atoms with van der Waals surface area (Å²) < 4.78 is 52.0. The van der Waals surface area contributed by atoms with Gasteiger partial charge in [0, 0.05) is 16.3 Å². The molecular weight excluding hydrogens is 394 g/mol. The predicted molar refractivity (Wildman–Crippen MR) is 92.9 cm³/mol. The standard InChI is InChI=1S/C15H11ClF2N2O3S2/c16-11-7-12-8(6-14(21)19-12)5-13(11)25(22,23)20-9-1-3-10(4-2-9)24-15(17)18/h1-5,7,15,20H,6H2,(H,19,21). The minimum absolute atomic E-state index is 0.0293. The molecule has 1 aliphatic heterocycles. The quantitative estimate of drug-likeness (QED) is 0.740. The number of nitrogens with one attached hydrogen (secondary N) is 2. The summed E-state index contributed by atoms with van der Waals surface area (Å²) in [5, 5.41) is 2.56. The van der Waals surface area contributed by atoms with E-state index in [0.717, 1.165) is 0 Å². The number of carbonyl (C=O) groups is 1. The summed E-state index contributed by atoms with van der Waals surface area (Å²) in [5.74, 6) is -2.79. The van der Waals surface area contributed by atoms with Crippen molar-refractivity contribution in [2.45, 2.75) is 22.0 Å². The number of anilines is 2. The van der Waals surface area contributed by atoms with Crippen LogP contribution in [0.5, 0.6) is 0 Å². The normalized spacial score (nSPS) is 13.7. The molecule has 0 bridgehead atoms. The summed E-state index contributed by atoms with van der Waals surface area (Å²) in [6.07, 6.45) is 0.0779. The number of benzene rings is 2. The fourth-order valence-electron chi connectivity index (χ4n) is 2.35. The summed E-state index contributed by atoms with van der Waals surface area (Å²) in [7, 11) is -3.99. The second kappa shape index (κ2) is 6.81. The number of hydrogen-bond donors (Lipinski definition) is 2. The summed E-state index contributed by atoms with van der Waals surface area (Å²) in [6.45, 7) is 0. The van der Waals surface area contributed by atoms with Crippen LogP contribution in [0.3, 0.4) is 0 Å². The van der Waals surface area contributed by atoms with Gasteiger partial charge in [0.2, 0.25) is 5.91 Å². The second-order valence-electron chi connectivity index (χ2n) is 5.17. The predicted octanol–water partition coefficient (Wildman–Crippen LogP) is 3.95. The maximum Gasteiger partial charge on any atom is 0.288 e. The van der Waals surface area contributed by atoms with Crippen LogP contribution in [0.15, 0.2) is 46.2 Å². The molecule has 0 unspecified atom stereocenters. The Kier molecular flexibility index (Phi) is 4.90. The van der Waals surface area contributed by atoms with Gasteiger partial charge in [0.15, 0.2) is 0 Å². The topological polar surface area (TPSA) is 75.3 Å². The molecule has 2 aromatic carbocycles. The lowest BCUT2D eigenvalue weighted by molar-refractivity contribution is -0.115. The van der Waals surface area contributed by atoms with Gasteiger partial charge >= 0.3 is 0 Å². The smallest absolute Gasteiger partial charge is 0.288 e. The molecule has 25 heavy (non-hydrogen) atoms. The van der Waals surface area contributed by atoms with E-state index < -0.39 is 15.8 Å². The number of fused-ring (bicyclic) bond motifs is 1. The van der Waals surface area contributed by atoms with Gasteiger partial charge < -0.3 is 5.32 Å². The van der Waals surface area contributed by atoms with Crippen molar-refractivity contribution < 1.29 is 22.0 Å². The first kappa shape index (κ1) is 18.0. The molecule has 1 aliphatic rings. The maximum atomic E-state index is 12.5. The fourth-order valence-corrected chi connectivity index (χ4v) is 4.48. The van der Waals surface area contributed by atoms with Crippen LogP contribution in [0.25, 0.3) is 0 Å². The molecule has 0 spiro atoms. The molecule has 0 saturated heterocycles. The van der Waals surface area contributed by atoms with Crippen molar-refractivity contribution in [2.24, 2.45) is 0 Å². The van der Waals surface area contributed by atoms with Crippen molar-refractivity contribution >= 4 is 50.7 Å². The lowest BCUT2D eigenvalue weighted by Gasteiger charge is -2.11. The molecule has 1 amide bonds. The Labute approximate surface area is 151 Å². The molecule has 1 heterocycles. The molecule has 10 heteroatoms. The summed E-state index contributed by atoms with van der Waals surface area (Å²) >= 11 is 6.40. The Balaban J connectivity index is 1.85. The molecule has 2 aromatic rings. The summed E-state index contributed by atoms with van der Waals surface area (Å²) in [5.41, 5.74) is 1.24. The first-order valence-corrected chi connectivity index (χ1v) is 9.68. The zero-order chi connectivity index (χ0) is 18.2. The van der Waals surface area contributed by atoms with Crippen LogP contribution < -0.4 is 10.0 Å². The van der Waals surface area contributed by atoms with Crippen LogP contribution in [-0.2, 0) is 21.2 Å². The minimum atomic E-state index is -3.99. The highest BCUT2D eigenvalue weighted by atomic mass is 35.5. The van der Waals surface area contributed by atoms with Gasteiger partial charge in [-0.15, -0.1) is 0 Å². The Morgan fingerprint density at radius 2 is 1.88 bits per heavy atom. The average molecular weight is 405 g/mol. The maximum absolute atomic E-state index is 12.5. The molecule has 0 fully saturated rings. The van der Waals surface area contributed by atoms with Crippen molar-refractivity contribution in [3.63, 3.8) is 0 Å². The number of alkyl halides is 2. The first-order valence-electron chi connectivity index (χ1n) is 6.94. The third kappa shape index (κ3) is 4.05. The molecule has 5 nitrogen and oxygen atoms in total. The SMILES string of the molecule is O=C1Cc2cc(S(=O)(=O)Nc3ccc(SC(F)F)cc3)c(Cl)cc2N1. The van der Waals surface area contributed by atoms with Crippen molar-refractivity contribution in [3.05, 3.63) is 47.0 Å². The van der Waals surface area contributed by atoms with Gasteiger partial charge in [-0.05, 0) is 42.0 Å². The first-order chi connectivity index (χ1) is 11.7. The van der Waals surface area contributed by atoms with Crippen molar-refractivity contribution in [3.8, 4) is 0 Å². The summed E-state index contributed by atoms with van der Waals surface area (Å²) in [6, 6.07) is 8.28. The highest BCUT2D eigenvalue weighted by molar-refractivity contribution is 7.99. The van der Waals surface area contributed by atoms with Crippen LogP contribution in [0.2, 0.25) is 5.02 Å². The van der Waals surface area contributed by atoms with Crippen LogP contribution in [0, 0.1) is 0 Å². The number of hydrogen-bond acceptors (Lipinski definition) is 4. The number of halogens is 3. The van der Waals surface area contributed by atoms with Gasteiger partial charge in [0.1, 0.15) is 4.90 Å². The zero-order valence-corrected chi connectivity index (χ0v) is 14.8. The number of amides is 1. The fraction of sp³-hybridized carbons (Fsp3) is 0.133. The van der Waals surface area contributed by atoms with E-state index in [2.05, 4.69) is 10.0 Å². The van der Waals surface area contributed by atoms with E-state index in [1.54, 1.807) is 0 Å². The van der Waals surface area contributed by atoms with Gasteiger partial charge in [-0.1, -0.05) is 23.4 Å². The number of thioether (sulfide) groups is 1. The van der Waals surface area contributed by atoms with Crippen molar-refractivity contribution in [2.75, 3.05) is 10.0 Å². The molecular formula is C15H11ClF2N2O3S2. The average Bonchev–Trinajstić information content (AvgIpc) is 2.86. The van der Waals surface area contributed by atoms with Crippen LogP contribution in [-0.4, -0.2) is 20.1 Å². The molecule has 0 aromatic heterocycles. The lowest BCUT2D eigenvalue weighted by Crippen LogP contribution is -2.13. The Hall–Kier alpha value is -1.84. The van der Waals surface area contributed by atoms with Crippen molar-refractivity contribution in [1.82, 2.24) is 0 Å². The highest BCUT2D eigenvalue weighted by Gasteiger charge is 2.25. The summed E-state index contributed by atoms with van der Waals surface area (Å²) in [4.78, 5) is 11.6. The molecule has 0 atom stereocenters. The van der Waals surface area contributed by atoms with Crippen LogP contribution >= 0.6 is 23.4 Å². The second-order valence-corrected chi connectivity index (χ2v) is 8.29. The molecule has 0 aliphatic carbocycles. The number of rotatable bonds is 5. The largest absolute Gasteiger partial charge is 0.325 e. The Morgan fingerprint density at radius 3 is 2.52 bits per heavy atom. The van der Waals surface area contributed by atoms with E-state index in [-0.39, 0.29) is 27.9 Å². The minimum Gasteiger partial charge on any atom is -0.325 e. The van der Waals surface area contributed by atoms with Crippen LogP contribution in [0.4, 0.5) is 20.2 Å². The number of carbonyl (C=O) groups excluding carboxylic acids is 1. The Bertz CT molecular complexity index is 935. The lowest BCUT2D eigenvalue weighted by atomic mass is 10.2. The van der Waals surface area contributed by atoms with E-state index >= 15 is 0 Å². The molecule has 3 rings (SSSR count). The third-order valence-electron chi connectivity index (χ3n) is 3.40. The molecule has 132 valence electrons. The van der Waals surface area contributed by atoms with E-state index in [4.69, 9.17) is 11.6 Å². The van der Waals surface area contributed by atoms with Gasteiger partial charge in [0.25, 0.3) is 15.8 Å². The Morgan fingerprint density at radius 1 is 1.20 bits per heavy atom. The van der Waals surface area contributed by atoms with Gasteiger partial charge in [0.05, 0.1) is 11.4 Å². The number of sulfonamides is 1. The van der Waals surface area contributed by atoms with Crippen LogP contribution in [0.1, 0.15) is 5.56 Å². The zero-order valence-electron chi connectivity index (χ0n) is 12.4. The molecule has 0 saturated carbocycles. The van der Waals surface area contributed by atoms with Crippen molar-refractivity contribution in [1.29, 1.82) is 0 Å². The van der Waals surface area contributed by atoms with E-state index in [0.29, 0.717) is 27.9 Å². The monoisotopic (exact) mass is 404 g/mol. The van der Waals surface area contributed by atoms with Gasteiger partial charge in [-0.2, -0.15) is 8.78 Å². The van der Waals surface area contributed by atoms with E-state index in [9.17, 15) is 22.0 Å². The van der Waals surface area contributed by atoms with Gasteiger partial charge in [-0.3, -0.25) is 9.52 Å². The van der Waals surface area contributed by atoms with E-state index in [1.807, 2.05) is 0 Å². The molecule has 2 N–H and O–H groups in total. The van der Waals surface area contributed by atoms with Gasteiger partial charge in [-0.25, -0.2) is 8.42 Å². The van der Waals surface area contributed by atoms with E-state index in [1.165, 1.54) is 36.4 Å². The third-order valence-corrected chi connectivity index (χ3v) is 5.97. The molecule has 0 radical (unpaired) electrons. The highest BCUT2D eigenvalue weighted by Crippen LogP contribution is 2.33.